The van der Waals surface area contributed by atoms with Crippen molar-refractivity contribution in [2.45, 2.75) is 25.4 Å². The van der Waals surface area contributed by atoms with Gasteiger partial charge in [-0.15, -0.1) is 0 Å². The van der Waals surface area contributed by atoms with Crippen molar-refractivity contribution in [3.05, 3.63) is 64.8 Å². The van der Waals surface area contributed by atoms with Gasteiger partial charge in [-0.3, -0.25) is 9.78 Å². The summed E-state index contributed by atoms with van der Waals surface area (Å²) < 4.78 is 13.4. The summed E-state index contributed by atoms with van der Waals surface area (Å²) in [6, 6.07) is 9.52. The van der Waals surface area contributed by atoms with Crippen LogP contribution in [0.5, 0.6) is 0 Å². The Balaban J connectivity index is 1.35. The SMILES string of the molecule is CN(C(=O)NCc1cc2cc(Cl)ccc2[nH]1)[C@@H]1CCCN(C(=O)c2cc(F)ccn2)C1. The van der Waals surface area contributed by atoms with E-state index in [0.717, 1.165) is 35.5 Å². The summed E-state index contributed by atoms with van der Waals surface area (Å²) in [5.41, 5.74) is 1.90. The Morgan fingerprint density at radius 2 is 2.16 bits per heavy atom. The van der Waals surface area contributed by atoms with Gasteiger partial charge in [-0.2, -0.15) is 0 Å². The summed E-state index contributed by atoms with van der Waals surface area (Å²) in [7, 11) is 1.72. The molecule has 0 spiro atoms. The first-order valence-electron chi connectivity index (χ1n) is 10.1. The number of urea groups is 1. The number of likely N-dealkylation sites (tertiary alicyclic amines) is 1. The molecule has 1 atom stereocenters. The smallest absolute Gasteiger partial charge is 0.317 e. The molecule has 31 heavy (non-hydrogen) atoms. The number of carbonyl (C=O) groups is 2. The largest absolute Gasteiger partial charge is 0.357 e. The maximum atomic E-state index is 13.4. The van der Waals surface area contributed by atoms with Gasteiger partial charge in [-0.05, 0) is 43.2 Å². The molecular weight excluding hydrogens is 421 g/mol. The van der Waals surface area contributed by atoms with Crippen LogP contribution in [-0.4, -0.2) is 57.9 Å². The standard InChI is InChI=1S/C22H23ClFN5O2/c1-28(22(31)26-12-17-10-14-9-15(23)4-5-19(14)27-17)18-3-2-8-29(13-18)21(30)20-11-16(24)6-7-25-20/h4-7,9-11,18,27H,2-3,8,12-13H2,1H3,(H,26,31)/t18-/m1/s1. The number of pyridine rings is 1. The highest BCUT2D eigenvalue weighted by Gasteiger charge is 2.29. The highest BCUT2D eigenvalue weighted by Crippen LogP contribution is 2.20. The van der Waals surface area contributed by atoms with E-state index in [1.54, 1.807) is 16.8 Å². The molecular formula is C22H23ClFN5O2. The maximum absolute atomic E-state index is 13.4. The van der Waals surface area contributed by atoms with Crippen LogP contribution in [0, 0.1) is 5.82 Å². The molecule has 9 heteroatoms. The number of likely N-dealkylation sites (N-methyl/N-ethyl adjacent to an activating group) is 1. The van der Waals surface area contributed by atoms with Gasteiger partial charge in [0.15, 0.2) is 0 Å². The van der Waals surface area contributed by atoms with E-state index in [4.69, 9.17) is 11.6 Å². The Morgan fingerprint density at radius 3 is 2.97 bits per heavy atom. The molecule has 1 aliphatic heterocycles. The van der Waals surface area contributed by atoms with Crippen LogP contribution in [0.3, 0.4) is 0 Å². The third-order valence-corrected chi connectivity index (χ3v) is 5.80. The van der Waals surface area contributed by atoms with E-state index >= 15 is 0 Å². The van der Waals surface area contributed by atoms with Crippen LogP contribution in [0.15, 0.2) is 42.6 Å². The van der Waals surface area contributed by atoms with E-state index in [0.29, 0.717) is 24.7 Å². The molecule has 2 aromatic heterocycles. The lowest BCUT2D eigenvalue weighted by Gasteiger charge is -2.37. The van der Waals surface area contributed by atoms with Crippen LogP contribution in [0.1, 0.15) is 29.0 Å². The fourth-order valence-corrected chi connectivity index (χ4v) is 4.04. The molecule has 0 radical (unpaired) electrons. The van der Waals surface area contributed by atoms with Crippen LogP contribution < -0.4 is 5.32 Å². The Morgan fingerprint density at radius 1 is 1.32 bits per heavy atom. The van der Waals surface area contributed by atoms with Crippen molar-refractivity contribution in [1.29, 1.82) is 0 Å². The number of aromatic amines is 1. The first kappa shape index (κ1) is 21.1. The Bertz CT molecular complexity index is 1120. The fraction of sp³-hybridized carbons (Fsp3) is 0.318. The second-order valence-electron chi connectivity index (χ2n) is 7.70. The van der Waals surface area contributed by atoms with Gasteiger partial charge in [0.25, 0.3) is 5.91 Å². The Labute approximate surface area is 184 Å². The van der Waals surface area contributed by atoms with E-state index in [9.17, 15) is 14.0 Å². The van der Waals surface area contributed by atoms with E-state index in [1.807, 2.05) is 24.3 Å². The molecule has 1 aliphatic rings. The number of H-pyrrole nitrogens is 1. The van der Waals surface area contributed by atoms with E-state index in [1.165, 1.54) is 12.3 Å². The van der Waals surface area contributed by atoms with Crippen molar-refractivity contribution in [1.82, 2.24) is 25.1 Å². The predicted octanol–water partition coefficient (Wildman–Crippen LogP) is 3.80. The quantitative estimate of drug-likeness (QED) is 0.643. The zero-order valence-corrected chi connectivity index (χ0v) is 17.8. The molecule has 0 unspecified atom stereocenters. The molecule has 0 aliphatic carbocycles. The lowest BCUT2D eigenvalue weighted by molar-refractivity contribution is 0.0630. The van der Waals surface area contributed by atoms with Crippen LogP contribution in [0.4, 0.5) is 9.18 Å². The zero-order chi connectivity index (χ0) is 22.0. The van der Waals surface area contributed by atoms with E-state index in [-0.39, 0.29) is 23.7 Å². The molecule has 3 aromatic rings. The monoisotopic (exact) mass is 443 g/mol. The van der Waals surface area contributed by atoms with Gasteiger partial charge in [-0.25, -0.2) is 9.18 Å². The lowest BCUT2D eigenvalue weighted by atomic mass is 10.0. The number of halogens is 2. The van der Waals surface area contributed by atoms with E-state index in [2.05, 4.69) is 15.3 Å². The first-order chi connectivity index (χ1) is 14.9. The van der Waals surface area contributed by atoms with E-state index < -0.39 is 5.82 Å². The number of benzene rings is 1. The summed E-state index contributed by atoms with van der Waals surface area (Å²) in [5, 5.41) is 4.55. The Kier molecular flexibility index (Phi) is 6.08. The highest BCUT2D eigenvalue weighted by atomic mass is 35.5. The second kappa shape index (κ2) is 8.93. The number of amides is 3. The van der Waals surface area contributed by atoms with Crippen LogP contribution in [-0.2, 0) is 6.54 Å². The number of rotatable bonds is 4. The number of nitrogens with one attached hydrogen (secondary N) is 2. The number of aromatic nitrogens is 2. The number of carbonyl (C=O) groups excluding carboxylic acids is 2. The van der Waals surface area contributed by atoms with Crippen molar-refractivity contribution in [2.24, 2.45) is 0 Å². The van der Waals surface area contributed by atoms with Crippen molar-refractivity contribution in [2.75, 3.05) is 20.1 Å². The third-order valence-electron chi connectivity index (χ3n) is 5.56. The van der Waals surface area contributed by atoms with Crippen LogP contribution >= 0.6 is 11.6 Å². The minimum atomic E-state index is -0.498. The molecule has 162 valence electrons. The molecule has 1 saturated heterocycles. The molecule has 1 aromatic carbocycles. The van der Waals surface area contributed by atoms with Crippen LogP contribution in [0.25, 0.3) is 10.9 Å². The number of hydrogen-bond acceptors (Lipinski definition) is 3. The first-order valence-corrected chi connectivity index (χ1v) is 10.5. The summed E-state index contributed by atoms with van der Waals surface area (Å²) in [5.74, 6) is -0.822. The lowest BCUT2D eigenvalue weighted by Crippen LogP contribution is -2.52. The summed E-state index contributed by atoms with van der Waals surface area (Å²) in [4.78, 5) is 35.8. The number of fused-ring (bicyclic) bond motifs is 1. The molecule has 7 nitrogen and oxygen atoms in total. The van der Waals surface area contributed by atoms with Gasteiger partial charge in [-0.1, -0.05) is 11.6 Å². The van der Waals surface area contributed by atoms with Gasteiger partial charge in [0, 0.05) is 54.0 Å². The molecule has 0 saturated carbocycles. The van der Waals surface area contributed by atoms with Crippen molar-refractivity contribution >= 4 is 34.4 Å². The van der Waals surface area contributed by atoms with Crippen molar-refractivity contribution in [3.63, 3.8) is 0 Å². The summed E-state index contributed by atoms with van der Waals surface area (Å²) in [6.45, 7) is 1.28. The van der Waals surface area contributed by atoms with Gasteiger partial charge < -0.3 is 20.1 Å². The third kappa shape index (κ3) is 4.80. The van der Waals surface area contributed by atoms with Crippen molar-refractivity contribution < 1.29 is 14.0 Å². The van der Waals surface area contributed by atoms with Crippen LogP contribution in [0.2, 0.25) is 5.02 Å². The molecule has 4 rings (SSSR count). The molecule has 2 N–H and O–H groups in total. The maximum Gasteiger partial charge on any atom is 0.317 e. The number of hydrogen-bond donors (Lipinski definition) is 2. The zero-order valence-electron chi connectivity index (χ0n) is 17.1. The van der Waals surface area contributed by atoms with Gasteiger partial charge in [0.2, 0.25) is 0 Å². The van der Waals surface area contributed by atoms with Gasteiger partial charge >= 0.3 is 6.03 Å². The molecule has 0 bridgehead atoms. The number of nitrogens with zero attached hydrogens (tertiary/aromatic N) is 3. The predicted molar refractivity (Wildman–Crippen MR) is 116 cm³/mol. The minimum Gasteiger partial charge on any atom is -0.357 e. The molecule has 3 amide bonds. The fourth-order valence-electron chi connectivity index (χ4n) is 3.86. The highest BCUT2D eigenvalue weighted by molar-refractivity contribution is 6.31. The topological polar surface area (TPSA) is 81.3 Å². The van der Waals surface area contributed by atoms with Gasteiger partial charge in [0.05, 0.1) is 12.6 Å². The molecule has 1 fully saturated rings. The van der Waals surface area contributed by atoms with Gasteiger partial charge in [0.1, 0.15) is 11.5 Å². The summed E-state index contributed by atoms with van der Waals surface area (Å²) >= 11 is 6.02. The number of piperidine rings is 1. The molecule has 3 heterocycles. The Hall–Kier alpha value is -3.13. The van der Waals surface area contributed by atoms with Crippen molar-refractivity contribution in [3.8, 4) is 0 Å². The minimum absolute atomic E-state index is 0.0756. The normalized spacial score (nSPS) is 16.4. The average Bonchev–Trinajstić information content (AvgIpc) is 3.18. The summed E-state index contributed by atoms with van der Waals surface area (Å²) in [6.07, 6.45) is 2.82. The average molecular weight is 444 g/mol. The second-order valence-corrected chi connectivity index (χ2v) is 8.14.